The van der Waals surface area contributed by atoms with Gasteiger partial charge in [-0.25, -0.2) is 4.39 Å². The highest BCUT2D eigenvalue weighted by atomic mass is 19.1. The van der Waals surface area contributed by atoms with Crippen molar-refractivity contribution in [1.82, 2.24) is 10.6 Å². The van der Waals surface area contributed by atoms with E-state index in [-0.39, 0.29) is 24.1 Å². The zero-order chi connectivity index (χ0) is 14.8. The van der Waals surface area contributed by atoms with Gasteiger partial charge in [-0.2, -0.15) is 0 Å². The van der Waals surface area contributed by atoms with Crippen LogP contribution in [0.4, 0.5) is 4.39 Å². The molecule has 0 fully saturated rings. The number of benzene rings is 1. The van der Waals surface area contributed by atoms with E-state index in [0.29, 0.717) is 25.1 Å². The Morgan fingerprint density at radius 2 is 1.85 bits per heavy atom. The van der Waals surface area contributed by atoms with E-state index in [1.807, 2.05) is 6.07 Å². The lowest BCUT2D eigenvalue weighted by Gasteiger charge is -2.06. The van der Waals surface area contributed by atoms with Crippen LogP contribution in [0.15, 0.2) is 24.3 Å². The second kappa shape index (κ2) is 9.07. The first kappa shape index (κ1) is 16.1. The van der Waals surface area contributed by atoms with Gasteiger partial charge in [-0.15, -0.1) is 0 Å². The molecule has 1 rings (SSSR count). The molecule has 0 aliphatic carbocycles. The maximum atomic E-state index is 13.3. The van der Waals surface area contributed by atoms with Crippen molar-refractivity contribution >= 4 is 11.8 Å². The second-order valence-corrected chi connectivity index (χ2v) is 4.63. The number of aryl methyl sites for hydroxylation is 1. The minimum absolute atomic E-state index is 0.0790. The molecule has 0 unspecified atom stereocenters. The number of rotatable bonds is 8. The quantitative estimate of drug-likeness (QED) is 0.713. The summed E-state index contributed by atoms with van der Waals surface area (Å²) in [5.41, 5.74) is 0.712. The summed E-state index contributed by atoms with van der Waals surface area (Å²) in [6.45, 7) is 2.35. The third kappa shape index (κ3) is 6.87. The van der Waals surface area contributed by atoms with Crippen LogP contribution >= 0.6 is 0 Å². The van der Waals surface area contributed by atoms with Gasteiger partial charge in [0.15, 0.2) is 0 Å². The highest BCUT2D eigenvalue weighted by Gasteiger charge is 2.02. The Kier molecular flexibility index (Phi) is 7.32. The third-order valence-corrected chi connectivity index (χ3v) is 2.88. The molecule has 0 saturated heterocycles. The Bertz CT molecular complexity index is 449. The molecular formula is C15H21FN2O2. The van der Waals surface area contributed by atoms with Gasteiger partial charge in [-0.3, -0.25) is 9.59 Å². The van der Waals surface area contributed by atoms with Crippen LogP contribution in [-0.4, -0.2) is 24.9 Å². The van der Waals surface area contributed by atoms with E-state index in [4.69, 9.17) is 0 Å². The maximum absolute atomic E-state index is 13.3. The summed E-state index contributed by atoms with van der Waals surface area (Å²) < 4.78 is 13.3. The number of halogens is 1. The number of carbonyl (C=O) groups is 2. The SMILES string of the molecule is CC(=O)NCCC(=O)NCCCCc1ccccc1F. The summed E-state index contributed by atoms with van der Waals surface area (Å²) in [7, 11) is 0. The van der Waals surface area contributed by atoms with Gasteiger partial charge in [0.25, 0.3) is 0 Å². The predicted molar refractivity (Wildman–Crippen MR) is 75.6 cm³/mol. The van der Waals surface area contributed by atoms with Crippen LogP contribution in [0.2, 0.25) is 0 Å². The molecule has 0 radical (unpaired) electrons. The van der Waals surface area contributed by atoms with Gasteiger partial charge in [-0.1, -0.05) is 18.2 Å². The summed E-state index contributed by atoms with van der Waals surface area (Å²) in [5.74, 6) is -0.390. The van der Waals surface area contributed by atoms with Gasteiger partial charge >= 0.3 is 0 Å². The van der Waals surface area contributed by atoms with E-state index in [1.54, 1.807) is 12.1 Å². The molecule has 0 aromatic heterocycles. The minimum atomic E-state index is -0.174. The van der Waals surface area contributed by atoms with Crippen LogP contribution in [0.5, 0.6) is 0 Å². The van der Waals surface area contributed by atoms with E-state index in [9.17, 15) is 14.0 Å². The zero-order valence-corrected chi connectivity index (χ0v) is 11.7. The number of carbonyl (C=O) groups excluding carboxylic acids is 2. The number of hydrogen-bond donors (Lipinski definition) is 2. The summed E-state index contributed by atoms with van der Waals surface area (Å²) >= 11 is 0. The van der Waals surface area contributed by atoms with E-state index < -0.39 is 0 Å². The van der Waals surface area contributed by atoms with Crippen molar-refractivity contribution in [2.45, 2.75) is 32.6 Å². The minimum Gasteiger partial charge on any atom is -0.356 e. The molecule has 2 N–H and O–H groups in total. The monoisotopic (exact) mass is 280 g/mol. The molecule has 0 atom stereocenters. The first-order valence-corrected chi connectivity index (χ1v) is 6.84. The van der Waals surface area contributed by atoms with Gasteiger partial charge in [0.1, 0.15) is 5.82 Å². The Balaban J connectivity index is 2.06. The lowest BCUT2D eigenvalue weighted by atomic mass is 10.1. The number of unbranched alkanes of at least 4 members (excludes halogenated alkanes) is 1. The van der Waals surface area contributed by atoms with Gasteiger partial charge in [0.05, 0.1) is 0 Å². The van der Waals surface area contributed by atoms with Crippen molar-refractivity contribution < 1.29 is 14.0 Å². The summed E-state index contributed by atoms with van der Waals surface area (Å²) in [6.07, 6.45) is 2.59. The average Bonchev–Trinajstić information content (AvgIpc) is 2.40. The van der Waals surface area contributed by atoms with Crippen molar-refractivity contribution in [3.05, 3.63) is 35.6 Å². The average molecular weight is 280 g/mol. The summed E-state index contributed by atoms with van der Waals surface area (Å²) in [6, 6.07) is 6.73. The molecule has 0 spiro atoms. The molecule has 5 heteroatoms. The van der Waals surface area contributed by atoms with Crippen LogP contribution in [0, 0.1) is 5.82 Å². The van der Waals surface area contributed by atoms with Crippen molar-refractivity contribution in [2.75, 3.05) is 13.1 Å². The fourth-order valence-electron chi connectivity index (χ4n) is 1.81. The summed E-state index contributed by atoms with van der Waals surface area (Å²) in [5, 5.41) is 5.34. The van der Waals surface area contributed by atoms with Crippen molar-refractivity contribution in [2.24, 2.45) is 0 Å². The van der Waals surface area contributed by atoms with E-state index in [0.717, 1.165) is 12.8 Å². The van der Waals surface area contributed by atoms with Crippen LogP contribution in [-0.2, 0) is 16.0 Å². The Hall–Kier alpha value is -1.91. The number of nitrogens with one attached hydrogen (secondary N) is 2. The fraction of sp³-hybridized carbons (Fsp3) is 0.467. The molecule has 20 heavy (non-hydrogen) atoms. The van der Waals surface area contributed by atoms with Gasteiger partial charge in [0, 0.05) is 26.4 Å². The number of hydrogen-bond acceptors (Lipinski definition) is 2. The molecule has 0 heterocycles. The van der Waals surface area contributed by atoms with Gasteiger partial charge < -0.3 is 10.6 Å². The van der Waals surface area contributed by atoms with Crippen LogP contribution in [0.3, 0.4) is 0 Å². The number of amides is 2. The topological polar surface area (TPSA) is 58.2 Å². The standard InChI is InChI=1S/C15H21FN2O2/c1-12(19)17-11-9-15(20)18-10-5-4-7-13-6-2-3-8-14(13)16/h2-3,6,8H,4-5,7,9-11H2,1H3,(H,17,19)(H,18,20). The molecular weight excluding hydrogens is 259 g/mol. The molecule has 4 nitrogen and oxygen atoms in total. The van der Waals surface area contributed by atoms with Crippen molar-refractivity contribution in [1.29, 1.82) is 0 Å². The largest absolute Gasteiger partial charge is 0.356 e. The second-order valence-electron chi connectivity index (χ2n) is 4.63. The van der Waals surface area contributed by atoms with E-state index in [2.05, 4.69) is 10.6 Å². The smallest absolute Gasteiger partial charge is 0.221 e. The van der Waals surface area contributed by atoms with Crippen LogP contribution in [0.25, 0.3) is 0 Å². The highest BCUT2D eigenvalue weighted by molar-refractivity contribution is 5.77. The predicted octanol–water partition coefficient (Wildman–Crippen LogP) is 1.79. The van der Waals surface area contributed by atoms with Crippen molar-refractivity contribution in [3.63, 3.8) is 0 Å². The molecule has 2 amide bonds. The molecule has 1 aromatic rings. The first-order chi connectivity index (χ1) is 9.59. The van der Waals surface area contributed by atoms with Crippen molar-refractivity contribution in [3.8, 4) is 0 Å². The van der Waals surface area contributed by atoms with Crippen LogP contribution < -0.4 is 10.6 Å². The molecule has 0 aliphatic heterocycles. The molecule has 0 aliphatic rings. The molecule has 1 aromatic carbocycles. The van der Waals surface area contributed by atoms with E-state index >= 15 is 0 Å². The van der Waals surface area contributed by atoms with Crippen LogP contribution in [0.1, 0.15) is 31.7 Å². The Labute approximate surface area is 118 Å². The maximum Gasteiger partial charge on any atom is 0.221 e. The molecule has 0 bridgehead atoms. The highest BCUT2D eigenvalue weighted by Crippen LogP contribution is 2.09. The normalized spacial score (nSPS) is 10.1. The zero-order valence-electron chi connectivity index (χ0n) is 11.7. The third-order valence-electron chi connectivity index (χ3n) is 2.88. The first-order valence-electron chi connectivity index (χ1n) is 6.84. The summed E-state index contributed by atoms with van der Waals surface area (Å²) in [4.78, 5) is 22.0. The Morgan fingerprint density at radius 1 is 1.10 bits per heavy atom. The molecule has 0 saturated carbocycles. The lowest BCUT2D eigenvalue weighted by Crippen LogP contribution is -2.30. The Morgan fingerprint density at radius 3 is 2.55 bits per heavy atom. The fourth-order valence-corrected chi connectivity index (χ4v) is 1.81. The van der Waals surface area contributed by atoms with Gasteiger partial charge in [-0.05, 0) is 30.9 Å². The van der Waals surface area contributed by atoms with E-state index in [1.165, 1.54) is 13.0 Å². The molecule has 110 valence electrons. The lowest BCUT2D eigenvalue weighted by molar-refractivity contribution is -0.121. The van der Waals surface area contributed by atoms with Gasteiger partial charge in [0.2, 0.25) is 11.8 Å².